The van der Waals surface area contributed by atoms with Gasteiger partial charge in [-0.1, -0.05) is 48.6 Å². The lowest BCUT2D eigenvalue weighted by Gasteiger charge is -2.08. The Balaban J connectivity index is 1.91. The third kappa shape index (κ3) is 4.01. The monoisotopic (exact) mass is 292 g/mol. The van der Waals surface area contributed by atoms with Crippen LogP contribution in [0.25, 0.3) is 10.6 Å². The van der Waals surface area contributed by atoms with E-state index in [0.29, 0.717) is 11.7 Å². The van der Waals surface area contributed by atoms with E-state index in [1.54, 1.807) is 0 Å². The van der Waals surface area contributed by atoms with Crippen LogP contribution in [-0.4, -0.2) is 34.5 Å². The van der Waals surface area contributed by atoms with Crippen LogP contribution in [0.5, 0.6) is 0 Å². The second-order valence-electron chi connectivity index (χ2n) is 4.40. The number of hydrogen-bond acceptors (Lipinski definition) is 5. The standard InChI is InChI=1S/C13H16N4O2S/c1-9(8-18)7-14-12(19)15-13-17-16-11(20-13)10-5-3-2-4-6-10/h2-6,9,18H,7-8H2,1H3,(H2,14,15,17,19). The average molecular weight is 292 g/mol. The molecule has 2 amide bonds. The van der Waals surface area contributed by atoms with E-state index in [9.17, 15) is 4.79 Å². The summed E-state index contributed by atoms with van der Waals surface area (Å²) in [7, 11) is 0. The van der Waals surface area contributed by atoms with Crippen molar-refractivity contribution in [1.29, 1.82) is 0 Å². The maximum atomic E-state index is 11.6. The Bertz CT molecular complexity index is 559. The number of benzene rings is 1. The fourth-order valence-corrected chi connectivity index (χ4v) is 2.19. The second-order valence-corrected chi connectivity index (χ2v) is 5.38. The van der Waals surface area contributed by atoms with Crippen molar-refractivity contribution in [2.24, 2.45) is 5.92 Å². The first kappa shape index (κ1) is 14.4. The van der Waals surface area contributed by atoms with Gasteiger partial charge in [-0.15, -0.1) is 10.2 Å². The number of rotatable bonds is 5. The Kier molecular flexibility index (Phi) is 5.03. The van der Waals surface area contributed by atoms with E-state index in [4.69, 9.17) is 5.11 Å². The van der Waals surface area contributed by atoms with Gasteiger partial charge in [-0.05, 0) is 5.92 Å². The minimum atomic E-state index is -0.346. The second kappa shape index (κ2) is 6.97. The molecule has 1 aromatic carbocycles. The van der Waals surface area contributed by atoms with Gasteiger partial charge in [0.05, 0.1) is 0 Å². The van der Waals surface area contributed by atoms with Crippen molar-refractivity contribution < 1.29 is 9.90 Å². The minimum Gasteiger partial charge on any atom is -0.396 e. The number of carbonyl (C=O) groups is 1. The smallest absolute Gasteiger partial charge is 0.321 e. The number of urea groups is 1. The lowest BCUT2D eigenvalue weighted by atomic mass is 10.2. The highest BCUT2D eigenvalue weighted by Crippen LogP contribution is 2.25. The van der Waals surface area contributed by atoms with Gasteiger partial charge < -0.3 is 10.4 Å². The molecule has 1 atom stereocenters. The zero-order chi connectivity index (χ0) is 14.4. The molecule has 7 heteroatoms. The van der Waals surface area contributed by atoms with Crippen molar-refractivity contribution in [3.63, 3.8) is 0 Å². The Labute approximate surface area is 120 Å². The summed E-state index contributed by atoms with van der Waals surface area (Å²) >= 11 is 1.31. The van der Waals surface area contributed by atoms with E-state index in [2.05, 4.69) is 20.8 Å². The Morgan fingerprint density at radius 3 is 2.80 bits per heavy atom. The molecular weight excluding hydrogens is 276 g/mol. The molecule has 6 nitrogen and oxygen atoms in total. The molecule has 0 saturated heterocycles. The van der Waals surface area contributed by atoms with Crippen LogP contribution in [0.4, 0.5) is 9.93 Å². The lowest BCUT2D eigenvalue weighted by molar-refractivity contribution is 0.227. The summed E-state index contributed by atoms with van der Waals surface area (Å²) in [5, 5.41) is 23.3. The number of amides is 2. The highest BCUT2D eigenvalue weighted by molar-refractivity contribution is 7.18. The van der Waals surface area contributed by atoms with E-state index in [0.717, 1.165) is 10.6 Å². The minimum absolute atomic E-state index is 0.0232. The van der Waals surface area contributed by atoms with Crippen LogP contribution in [0.1, 0.15) is 6.92 Å². The van der Waals surface area contributed by atoms with E-state index in [-0.39, 0.29) is 18.6 Å². The number of anilines is 1. The number of aromatic nitrogens is 2. The van der Waals surface area contributed by atoms with Crippen LogP contribution in [0.15, 0.2) is 30.3 Å². The summed E-state index contributed by atoms with van der Waals surface area (Å²) in [5.41, 5.74) is 0.965. The van der Waals surface area contributed by atoms with Gasteiger partial charge in [0, 0.05) is 18.7 Å². The normalized spacial score (nSPS) is 11.9. The van der Waals surface area contributed by atoms with Crippen molar-refractivity contribution in [3.8, 4) is 10.6 Å². The molecule has 1 aromatic heterocycles. The van der Waals surface area contributed by atoms with E-state index >= 15 is 0 Å². The van der Waals surface area contributed by atoms with Crippen LogP contribution in [0, 0.1) is 5.92 Å². The summed E-state index contributed by atoms with van der Waals surface area (Å²) in [5.74, 6) is 0.0232. The summed E-state index contributed by atoms with van der Waals surface area (Å²) in [6.45, 7) is 2.29. The van der Waals surface area contributed by atoms with Crippen LogP contribution in [0.3, 0.4) is 0 Å². The van der Waals surface area contributed by atoms with Gasteiger partial charge in [-0.3, -0.25) is 5.32 Å². The number of aliphatic hydroxyl groups is 1. The maximum absolute atomic E-state index is 11.6. The number of nitrogens with zero attached hydrogens (tertiary/aromatic N) is 2. The fraction of sp³-hybridized carbons (Fsp3) is 0.308. The van der Waals surface area contributed by atoms with E-state index < -0.39 is 0 Å². The molecule has 2 rings (SSSR count). The van der Waals surface area contributed by atoms with Gasteiger partial charge in [0.2, 0.25) is 5.13 Å². The Hall–Kier alpha value is -1.99. The SMILES string of the molecule is CC(CO)CNC(=O)Nc1nnc(-c2ccccc2)s1. The van der Waals surface area contributed by atoms with Crippen molar-refractivity contribution in [2.45, 2.75) is 6.92 Å². The third-order valence-electron chi connectivity index (χ3n) is 2.59. The van der Waals surface area contributed by atoms with E-state index in [1.807, 2.05) is 37.3 Å². The molecule has 0 bridgehead atoms. The molecule has 0 radical (unpaired) electrons. The zero-order valence-corrected chi connectivity index (χ0v) is 11.9. The molecule has 0 fully saturated rings. The van der Waals surface area contributed by atoms with Crippen molar-refractivity contribution in [1.82, 2.24) is 15.5 Å². The quantitative estimate of drug-likeness (QED) is 0.786. The van der Waals surface area contributed by atoms with Gasteiger partial charge in [0.15, 0.2) is 0 Å². The average Bonchev–Trinajstić information content (AvgIpc) is 2.94. The molecule has 1 unspecified atom stereocenters. The van der Waals surface area contributed by atoms with Gasteiger partial charge in [-0.25, -0.2) is 4.79 Å². The Morgan fingerprint density at radius 2 is 2.10 bits per heavy atom. The van der Waals surface area contributed by atoms with Gasteiger partial charge >= 0.3 is 6.03 Å². The van der Waals surface area contributed by atoms with Crippen LogP contribution in [0.2, 0.25) is 0 Å². The molecular formula is C13H16N4O2S. The number of nitrogens with one attached hydrogen (secondary N) is 2. The summed E-state index contributed by atoms with van der Waals surface area (Å²) in [4.78, 5) is 11.6. The van der Waals surface area contributed by atoms with E-state index in [1.165, 1.54) is 11.3 Å². The highest BCUT2D eigenvalue weighted by Gasteiger charge is 2.09. The van der Waals surface area contributed by atoms with Crippen molar-refractivity contribution in [3.05, 3.63) is 30.3 Å². The van der Waals surface area contributed by atoms with Crippen LogP contribution >= 0.6 is 11.3 Å². The molecule has 0 spiro atoms. The van der Waals surface area contributed by atoms with Gasteiger partial charge in [-0.2, -0.15) is 0 Å². The maximum Gasteiger partial charge on any atom is 0.321 e. The molecule has 2 aromatic rings. The van der Waals surface area contributed by atoms with Crippen LogP contribution in [-0.2, 0) is 0 Å². The highest BCUT2D eigenvalue weighted by atomic mass is 32.1. The largest absolute Gasteiger partial charge is 0.396 e. The number of hydrogen-bond donors (Lipinski definition) is 3. The van der Waals surface area contributed by atoms with Crippen molar-refractivity contribution >= 4 is 22.5 Å². The topological polar surface area (TPSA) is 87.1 Å². The molecule has 0 saturated carbocycles. The predicted molar refractivity (Wildman–Crippen MR) is 78.6 cm³/mol. The Morgan fingerprint density at radius 1 is 1.35 bits per heavy atom. The molecule has 0 aliphatic carbocycles. The molecule has 1 heterocycles. The first-order valence-corrected chi connectivity index (χ1v) is 7.05. The molecule has 106 valence electrons. The predicted octanol–water partition coefficient (Wildman–Crippen LogP) is 1.95. The summed E-state index contributed by atoms with van der Waals surface area (Å²) in [6, 6.07) is 9.31. The van der Waals surface area contributed by atoms with Gasteiger partial charge in [0.25, 0.3) is 0 Å². The number of carbonyl (C=O) groups excluding carboxylic acids is 1. The first-order valence-electron chi connectivity index (χ1n) is 6.23. The third-order valence-corrected chi connectivity index (χ3v) is 3.48. The van der Waals surface area contributed by atoms with Gasteiger partial charge in [0.1, 0.15) is 5.01 Å². The molecule has 20 heavy (non-hydrogen) atoms. The molecule has 3 N–H and O–H groups in total. The fourth-order valence-electron chi connectivity index (χ4n) is 1.44. The summed E-state index contributed by atoms with van der Waals surface area (Å²) < 4.78 is 0. The zero-order valence-electron chi connectivity index (χ0n) is 11.0. The van der Waals surface area contributed by atoms with Crippen LogP contribution < -0.4 is 10.6 Å². The summed E-state index contributed by atoms with van der Waals surface area (Å²) in [6.07, 6.45) is 0. The van der Waals surface area contributed by atoms with Crippen molar-refractivity contribution in [2.75, 3.05) is 18.5 Å². The first-order chi connectivity index (χ1) is 9.69. The molecule has 0 aliphatic heterocycles. The number of aliphatic hydroxyl groups excluding tert-OH is 1. The lowest BCUT2D eigenvalue weighted by Crippen LogP contribution is -2.33. The molecule has 0 aliphatic rings.